The van der Waals surface area contributed by atoms with Crippen LogP contribution in [0.5, 0.6) is 5.75 Å². The van der Waals surface area contributed by atoms with Crippen molar-refractivity contribution in [3.8, 4) is 5.75 Å². The zero-order valence-corrected chi connectivity index (χ0v) is 24.3. The lowest BCUT2D eigenvalue weighted by atomic mass is 9.52. The summed E-state index contributed by atoms with van der Waals surface area (Å²) in [5.41, 5.74) is -2.38. The van der Waals surface area contributed by atoms with E-state index in [0.717, 1.165) is 32.2 Å². The summed E-state index contributed by atoms with van der Waals surface area (Å²) in [5, 5.41) is 0.573. The fourth-order valence-corrected chi connectivity index (χ4v) is 9.07. The molecule has 6 nitrogen and oxygen atoms in total. The van der Waals surface area contributed by atoms with Crippen LogP contribution in [0.25, 0.3) is 10.9 Å². The van der Waals surface area contributed by atoms with Gasteiger partial charge in [0.25, 0.3) is 0 Å². The van der Waals surface area contributed by atoms with E-state index >= 15 is 0 Å². The molecule has 13 heteroatoms. The van der Waals surface area contributed by atoms with Crippen molar-refractivity contribution >= 4 is 20.9 Å². The molecule has 3 aliphatic rings. The number of halogens is 6. The Kier molecular flexibility index (Phi) is 7.25. The number of fused-ring (bicyclic) bond motifs is 1. The van der Waals surface area contributed by atoms with Gasteiger partial charge in [0.05, 0.1) is 34.7 Å². The van der Waals surface area contributed by atoms with E-state index in [2.05, 4.69) is 21.5 Å². The normalized spacial score (nSPS) is 26.4. The first-order valence-electron chi connectivity index (χ1n) is 14.2. The van der Waals surface area contributed by atoms with Gasteiger partial charge in [-0.1, -0.05) is 19.8 Å². The molecule has 2 aliphatic heterocycles. The zero-order valence-electron chi connectivity index (χ0n) is 23.5. The minimum Gasteiger partial charge on any atom is -0.497 e. The topological polar surface area (TPSA) is 71.5 Å². The fraction of sp³-hybridized carbons (Fsp3) is 0.500. The van der Waals surface area contributed by atoms with Crippen LogP contribution in [0.4, 0.5) is 26.3 Å². The Balaban J connectivity index is 1.43. The Hall–Kier alpha value is -2.90. The van der Waals surface area contributed by atoms with Crippen LogP contribution in [0.3, 0.4) is 0 Å². The van der Waals surface area contributed by atoms with Gasteiger partial charge in [-0.15, -0.1) is 0 Å². The van der Waals surface area contributed by atoms with Gasteiger partial charge in [0.15, 0.2) is 0 Å². The lowest BCUT2D eigenvalue weighted by molar-refractivity contribution is -0.155. The maximum Gasteiger partial charge on any atom is 0.416 e. The molecule has 1 aliphatic carbocycles. The summed E-state index contributed by atoms with van der Waals surface area (Å²) in [6, 6.07) is 5.84. The number of nitrogens with one attached hydrogen (secondary N) is 1. The number of sulfonamides is 1. The van der Waals surface area contributed by atoms with Gasteiger partial charge < -0.3 is 4.74 Å². The molecular formula is C30H31F6N3O3S. The number of hydrogen-bond acceptors (Lipinski definition) is 5. The van der Waals surface area contributed by atoms with Crippen LogP contribution >= 0.6 is 0 Å². The van der Waals surface area contributed by atoms with E-state index in [9.17, 15) is 34.8 Å². The van der Waals surface area contributed by atoms with Crippen molar-refractivity contribution in [2.45, 2.75) is 73.9 Å². The number of rotatable bonds is 8. The van der Waals surface area contributed by atoms with E-state index in [1.807, 2.05) is 0 Å². The first-order valence-corrected chi connectivity index (χ1v) is 15.7. The highest BCUT2D eigenvalue weighted by molar-refractivity contribution is 7.89. The molecule has 3 heterocycles. The van der Waals surface area contributed by atoms with E-state index in [4.69, 9.17) is 4.74 Å². The van der Waals surface area contributed by atoms with Gasteiger partial charge >= 0.3 is 12.4 Å². The molecule has 3 fully saturated rings. The number of hydrogen-bond donors (Lipinski definition) is 1. The number of aromatic nitrogens is 1. The Morgan fingerprint density at radius 3 is 2.37 bits per heavy atom. The van der Waals surface area contributed by atoms with Gasteiger partial charge in [0.2, 0.25) is 10.0 Å². The molecule has 6 rings (SSSR count). The van der Waals surface area contributed by atoms with Crippen LogP contribution in [0, 0.1) is 11.8 Å². The predicted octanol–water partition coefficient (Wildman–Crippen LogP) is 6.95. The molecule has 0 amide bonds. The Morgan fingerprint density at radius 2 is 1.74 bits per heavy atom. The minimum absolute atomic E-state index is 0.0472. The molecule has 1 N–H and O–H groups in total. The SMILES string of the molecule is CCCC1CC23CC(C(NS(=O)(=O)c4cc(C(F)(F)F)cc(C(F)(F)F)c4)c4ccnc5ccc(OC)cc45)N2CCC13. The largest absolute Gasteiger partial charge is 0.497 e. The smallest absolute Gasteiger partial charge is 0.416 e. The highest BCUT2D eigenvalue weighted by atomic mass is 32.2. The number of methoxy groups -OCH3 is 1. The van der Waals surface area contributed by atoms with Crippen molar-refractivity contribution in [1.29, 1.82) is 0 Å². The average Bonchev–Trinajstić information content (AvgIpc) is 3.15. The molecular weight excluding hydrogens is 596 g/mol. The molecule has 1 aromatic heterocycles. The van der Waals surface area contributed by atoms with Gasteiger partial charge in [-0.3, -0.25) is 9.88 Å². The molecule has 1 spiro atoms. The molecule has 2 aromatic carbocycles. The van der Waals surface area contributed by atoms with Crippen molar-refractivity contribution in [2.24, 2.45) is 11.8 Å². The van der Waals surface area contributed by atoms with Crippen LogP contribution in [0.2, 0.25) is 0 Å². The predicted molar refractivity (Wildman–Crippen MR) is 147 cm³/mol. The summed E-state index contributed by atoms with van der Waals surface area (Å²) in [4.78, 5) is 5.56. The van der Waals surface area contributed by atoms with Crippen molar-refractivity contribution in [1.82, 2.24) is 14.6 Å². The second kappa shape index (κ2) is 10.3. The van der Waals surface area contributed by atoms with Crippen LogP contribution in [-0.4, -0.2) is 43.5 Å². The van der Waals surface area contributed by atoms with Crippen LogP contribution < -0.4 is 9.46 Å². The Bertz CT molecular complexity index is 1630. The summed E-state index contributed by atoms with van der Waals surface area (Å²) >= 11 is 0. The molecule has 1 saturated carbocycles. The van der Waals surface area contributed by atoms with E-state index in [1.165, 1.54) is 13.3 Å². The fourth-order valence-electron chi connectivity index (χ4n) is 7.75. The first kappa shape index (κ1) is 30.1. The summed E-state index contributed by atoms with van der Waals surface area (Å²) in [7, 11) is -3.39. The third kappa shape index (κ3) is 5.06. The van der Waals surface area contributed by atoms with Gasteiger partial charge in [-0.2, -0.15) is 26.3 Å². The molecule has 0 radical (unpaired) electrons. The number of nitrogens with zero attached hydrogens (tertiary/aromatic N) is 2. The molecule has 43 heavy (non-hydrogen) atoms. The highest BCUT2D eigenvalue weighted by Crippen LogP contribution is 2.65. The third-order valence-corrected chi connectivity index (χ3v) is 11.0. The number of ether oxygens (including phenoxy) is 1. The maximum atomic E-state index is 13.8. The van der Waals surface area contributed by atoms with Gasteiger partial charge in [-0.25, -0.2) is 13.1 Å². The third-order valence-electron chi connectivity index (χ3n) is 9.61. The monoisotopic (exact) mass is 627 g/mol. The lowest BCUT2D eigenvalue weighted by Crippen LogP contribution is -2.73. The van der Waals surface area contributed by atoms with Gasteiger partial charge in [0, 0.05) is 23.2 Å². The number of benzene rings is 2. The van der Waals surface area contributed by atoms with E-state index in [1.54, 1.807) is 24.3 Å². The van der Waals surface area contributed by atoms with E-state index in [0.29, 0.717) is 40.5 Å². The second-order valence-corrected chi connectivity index (χ2v) is 13.6. The van der Waals surface area contributed by atoms with Crippen LogP contribution in [0.1, 0.15) is 61.8 Å². The van der Waals surface area contributed by atoms with Crippen LogP contribution in [-0.2, 0) is 22.4 Å². The summed E-state index contributed by atoms with van der Waals surface area (Å²) in [5.74, 6) is 1.58. The highest BCUT2D eigenvalue weighted by Gasteiger charge is 2.68. The molecule has 232 valence electrons. The standard InChI is InChI=1S/C30H31F6N3O3S/c1-3-4-17-15-28-16-26(39(28)10-8-24(17)28)27(22-7-9-37-25-6-5-20(42-2)14-23(22)25)38-43(40,41)21-12-18(29(31,32)33)11-19(13-21)30(34,35)36/h5-7,9,11-14,17,24,26-27,38H,3-4,8,10,15-16H2,1-2H3. The average molecular weight is 628 g/mol. The lowest BCUT2D eigenvalue weighted by Gasteiger charge is -2.67. The summed E-state index contributed by atoms with van der Waals surface area (Å²) in [6.45, 7) is 2.88. The van der Waals surface area contributed by atoms with E-state index in [-0.39, 0.29) is 29.8 Å². The van der Waals surface area contributed by atoms with Crippen molar-refractivity contribution in [3.63, 3.8) is 0 Å². The Labute approximate surface area is 245 Å². The maximum absolute atomic E-state index is 13.8. The zero-order chi connectivity index (χ0) is 30.9. The molecule has 2 saturated heterocycles. The Morgan fingerprint density at radius 1 is 1.05 bits per heavy atom. The van der Waals surface area contributed by atoms with Crippen molar-refractivity contribution < 1.29 is 39.5 Å². The number of alkyl halides is 6. The number of pyridine rings is 1. The summed E-state index contributed by atoms with van der Waals surface area (Å²) < 4.78 is 117. The first-order chi connectivity index (χ1) is 20.2. The minimum atomic E-state index is -5.19. The van der Waals surface area contributed by atoms with Crippen molar-refractivity contribution in [2.75, 3.05) is 13.7 Å². The van der Waals surface area contributed by atoms with Gasteiger partial charge in [-0.05, 0) is 85.7 Å². The molecule has 0 bridgehead atoms. The second-order valence-electron chi connectivity index (χ2n) is 11.8. The quantitative estimate of drug-likeness (QED) is 0.274. The summed E-state index contributed by atoms with van der Waals surface area (Å²) in [6.07, 6.45) is -4.05. The van der Waals surface area contributed by atoms with Crippen LogP contribution in [0.15, 0.2) is 53.6 Å². The van der Waals surface area contributed by atoms with Gasteiger partial charge in [0.1, 0.15) is 5.75 Å². The van der Waals surface area contributed by atoms with Crippen molar-refractivity contribution in [3.05, 3.63) is 65.4 Å². The molecule has 5 atom stereocenters. The molecule has 5 unspecified atom stereocenters. The van der Waals surface area contributed by atoms with E-state index < -0.39 is 44.4 Å². The molecule has 3 aromatic rings.